The topological polar surface area (TPSA) is 117 Å². The maximum atomic E-state index is 12.1. The number of nitrogens with one attached hydrogen (secondary N) is 2. The van der Waals surface area contributed by atoms with Crippen LogP contribution in [-0.2, 0) is 19.1 Å². The molecule has 0 saturated heterocycles. The van der Waals surface area contributed by atoms with Gasteiger partial charge >= 0.3 is 11.9 Å². The van der Waals surface area contributed by atoms with Gasteiger partial charge in [0.2, 0.25) is 6.23 Å². The number of methoxy groups -OCH3 is 1. The number of hydrogen-bond acceptors (Lipinski definition) is 7. The van der Waals surface area contributed by atoms with Crippen LogP contribution in [-0.4, -0.2) is 65.3 Å². The molecular weight excluding hydrogens is 304 g/mol. The second-order valence-electron chi connectivity index (χ2n) is 7.42. The van der Waals surface area contributed by atoms with Gasteiger partial charge in [-0.25, -0.2) is 4.79 Å². The summed E-state index contributed by atoms with van der Waals surface area (Å²) in [7, 11) is 1.39. The first-order valence-corrected chi connectivity index (χ1v) is 7.37. The van der Waals surface area contributed by atoms with E-state index < -0.39 is 35.9 Å². The Balaban J connectivity index is 4.74. The number of rotatable bonds is 9. The molecule has 136 valence electrons. The summed E-state index contributed by atoms with van der Waals surface area (Å²) in [5.74, 6) is -1.79. The van der Waals surface area contributed by atoms with Crippen molar-refractivity contribution < 1.29 is 29.3 Å². The first-order chi connectivity index (χ1) is 10.3. The van der Waals surface area contributed by atoms with Crippen molar-refractivity contribution in [2.24, 2.45) is 0 Å². The molecule has 0 aromatic carbocycles. The minimum absolute atomic E-state index is 0.0830. The van der Waals surface area contributed by atoms with Crippen LogP contribution in [0.1, 0.15) is 41.5 Å². The second-order valence-corrected chi connectivity index (χ2v) is 7.42. The fourth-order valence-electron chi connectivity index (χ4n) is 1.88. The number of carbonyl (C=O) groups is 2. The molecule has 8 nitrogen and oxygen atoms in total. The highest BCUT2D eigenvalue weighted by atomic mass is 16.6. The van der Waals surface area contributed by atoms with Gasteiger partial charge in [-0.1, -0.05) is 0 Å². The van der Waals surface area contributed by atoms with Crippen molar-refractivity contribution in [3.8, 4) is 0 Å². The lowest BCUT2D eigenvalue weighted by Crippen LogP contribution is -2.62. The molecule has 0 fully saturated rings. The highest BCUT2D eigenvalue weighted by molar-refractivity contribution is 5.78. The lowest BCUT2D eigenvalue weighted by molar-refractivity contribution is -0.161. The average molecular weight is 334 g/mol. The fourth-order valence-corrected chi connectivity index (χ4v) is 1.88. The van der Waals surface area contributed by atoms with E-state index in [4.69, 9.17) is 14.6 Å². The molecule has 0 spiro atoms. The smallest absolute Gasteiger partial charge is 0.350 e. The first kappa shape index (κ1) is 21.8. The Labute approximate surface area is 137 Å². The van der Waals surface area contributed by atoms with Crippen molar-refractivity contribution >= 4 is 11.9 Å². The van der Waals surface area contributed by atoms with E-state index in [-0.39, 0.29) is 12.1 Å². The van der Waals surface area contributed by atoms with Gasteiger partial charge in [0.25, 0.3) is 0 Å². The average Bonchev–Trinajstić information content (AvgIpc) is 2.40. The number of esters is 1. The molecule has 0 aromatic heterocycles. The van der Waals surface area contributed by atoms with E-state index in [2.05, 4.69) is 10.6 Å². The Morgan fingerprint density at radius 3 is 2.00 bits per heavy atom. The van der Waals surface area contributed by atoms with Crippen LogP contribution in [0.2, 0.25) is 0 Å². The van der Waals surface area contributed by atoms with Crippen molar-refractivity contribution in [3.05, 3.63) is 0 Å². The van der Waals surface area contributed by atoms with Crippen LogP contribution in [0, 0.1) is 0 Å². The predicted octanol–water partition coefficient (Wildman–Crippen LogP) is 0.0940. The summed E-state index contributed by atoms with van der Waals surface area (Å²) in [6, 6.07) is 0. The monoisotopic (exact) mass is 334 g/mol. The van der Waals surface area contributed by atoms with E-state index in [1.807, 2.05) is 20.8 Å². The quantitative estimate of drug-likeness (QED) is 0.346. The number of aliphatic hydroxyl groups is 1. The van der Waals surface area contributed by atoms with Gasteiger partial charge in [0.1, 0.15) is 12.1 Å². The molecule has 0 amide bonds. The van der Waals surface area contributed by atoms with Crippen molar-refractivity contribution in [3.63, 3.8) is 0 Å². The van der Waals surface area contributed by atoms with Gasteiger partial charge in [0, 0.05) is 18.2 Å². The summed E-state index contributed by atoms with van der Waals surface area (Å²) < 4.78 is 10.3. The Bertz CT molecular complexity index is 419. The zero-order valence-corrected chi connectivity index (χ0v) is 15.0. The van der Waals surface area contributed by atoms with Crippen molar-refractivity contribution in [1.29, 1.82) is 0 Å². The van der Waals surface area contributed by atoms with E-state index >= 15 is 0 Å². The molecule has 0 rings (SSSR count). The van der Waals surface area contributed by atoms with E-state index in [1.165, 1.54) is 14.0 Å². The van der Waals surface area contributed by atoms with Crippen molar-refractivity contribution in [2.45, 2.75) is 64.4 Å². The number of carbonyl (C=O) groups excluding carboxylic acids is 1. The zero-order valence-electron chi connectivity index (χ0n) is 15.0. The van der Waals surface area contributed by atoms with Crippen LogP contribution >= 0.6 is 0 Å². The van der Waals surface area contributed by atoms with Crippen LogP contribution in [0.15, 0.2) is 0 Å². The minimum atomic E-state index is -1.53. The van der Waals surface area contributed by atoms with Crippen LogP contribution in [0.3, 0.4) is 0 Å². The third kappa shape index (κ3) is 7.74. The molecule has 8 heteroatoms. The molecule has 0 radical (unpaired) electrons. The number of aliphatic hydroxyl groups excluding tert-OH is 1. The fraction of sp³-hybridized carbons (Fsp3) is 0.867. The summed E-state index contributed by atoms with van der Waals surface area (Å²) >= 11 is 0. The molecule has 0 aliphatic heterocycles. The Morgan fingerprint density at radius 1 is 1.13 bits per heavy atom. The van der Waals surface area contributed by atoms with Crippen LogP contribution in [0.25, 0.3) is 0 Å². The Kier molecular flexibility index (Phi) is 7.62. The molecule has 0 heterocycles. The Morgan fingerprint density at radius 2 is 1.65 bits per heavy atom. The molecule has 0 aromatic rings. The molecule has 2 atom stereocenters. The summed E-state index contributed by atoms with van der Waals surface area (Å²) in [5.41, 5.74) is -2.72. The van der Waals surface area contributed by atoms with Crippen LogP contribution in [0.4, 0.5) is 0 Å². The third-order valence-electron chi connectivity index (χ3n) is 2.99. The van der Waals surface area contributed by atoms with Crippen LogP contribution in [0.5, 0.6) is 0 Å². The number of ether oxygens (including phenoxy) is 2. The standard InChI is InChI=1S/C15H30N2O6/c1-13(2,3)16-10(22-7)11(19)23-9-14(4,5)17-15(6,8-18)12(20)21/h10,16-18H,8-9H2,1-7H3,(H,20,21). The number of aliphatic carboxylic acids is 1. The summed E-state index contributed by atoms with van der Waals surface area (Å²) in [6.45, 7) is 9.70. The van der Waals surface area contributed by atoms with E-state index in [1.54, 1.807) is 13.8 Å². The van der Waals surface area contributed by atoms with Gasteiger partial charge in [-0.2, -0.15) is 0 Å². The van der Waals surface area contributed by atoms with Crippen molar-refractivity contribution in [2.75, 3.05) is 20.3 Å². The molecule has 0 saturated carbocycles. The molecule has 2 unspecified atom stereocenters. The number of carboxylic acids is 1. The van der Waals surface area contributed by atoms with Gasteiger partial charge in [-0.3, -0.25) is 15.4 Å². The molecule has 0 aliphatic carbocycles. The van der Waals surface area contributed by atoms with Gasteiger partial charge < -0.3 is 19.7 Å². The molecule has 0 aliphatic rings. The second kappa shape index (κ2) is 8.05. The van der Waals surface area contributed by atoms with Crippen molar-refractivity contribution in [1.82, 2.24) is 10.6 Å². The maximum Gasteiger partial charge on any atom is 0.350 e. The molecule has 0 bridgehead atoms. The van der Waals surface area contributed by atoms with E-state index in [0.29, 0.717) is 0 Å². The summed E-state index contributed by atoms with van der Waals surface area (Å²) in [6.07, 6.45) is -0.922. The number of carboxylic acid groups (broad SMARTS) is 1. The summed E-state index contributed by atoms with van der Waals surface area (Å²) in [5, 5.41) is 24.2. The van der Waals surface area contributed by atoms with Gasteiger partial charge in [-0.15, -0.1) is 0 Å². The van der Waals surface area contributed by atoms with Gasteiger partial charge in [0.05, 0.1) is 6.61 Å². The maximum absolute atomic E-state index is 12.1. The first-order valence-electron chi connectivity index (χ1n) is 7.37. The number of hydrogen-bond donors (Lipinski definition) is 4. The zero-order chi connectivity index (χ0) is 18.5. The largest absolute Gasteiger partial charge is 0.480 e. The molecule has 23 heavy (non-hydrogen) atoms. The normalized spacial score (nSPS) is 16.5. The highest BCUT2D eigenvalue weighted by Gasteiger charge is 2.38. The van der Waals surface area contributed by atoms with Gasteiger partial charge in [0.15, 0.2) is 0 Å². The SMILES string of the molecule is COC(NC(C)(C)C)C(=O)OCC(C)(C)NC(C)(CO)C(=O)O. The van der Waals surface area contributed by atoms with E-state index in [0.717, 1.165) is 0 Å². The van der Waals surface area contributed by atoms with E-state index in [9.17, 15) is 14.7 Å². The lowest BCUT2D eigenvalue weighted by atomic mass is 9.97. The lowest BCUT2D eigenvalue weighted by Gasteiger charge is -2.35. The summed E-state index contributed by atoms with van der Waals surface area (Å²) in [4.78, 5) is 23.3. The third-order valence-corrected chi connectivity index (χ3v) is 2.99. The Hall–Kier alpha value is -1.22. The molecular formula is C15H30N2O6. The van der Waals surface area contributed by atoms with Crippen LogP contribution < -0.4 is 10.6 Å². The minimum Gasteiger partial charge on any atom is -0.480 e. The molecule has 4 N–H and O–H groups in total. The predicted molar refractivity (Wildman–Crippen MR) is 85.0 cm³/mol. The highest BCUT2D eigenvalue weighted by Crippen LogP contribution is 2.13. The van der Waals surface area contributed by atoms with Gasteiger partial charge in [-0.05, 0) is 41.5 Å².